The van der Waals surface area contributed by atoms with Gasteiger partial charge in [-0.15, -0.1) is 0 Å². The van der Waals surface area contributed by atoms with Crippen molar-refractivity contribution in [1.82, 2.24) is 4.90 Å². The Morgan fingerprint density at radius 3 is 2.00 bits per heavy atom. The van der Waals surface area contributed by atoms with Crippen molar-refractivity contribution in [3.63, 3.8) is 0 Å². The average molecular weight is 270 g/mol. The van der Waals surface area contributed by atoms with Gasteiger partial charge in [-0.3, -0.25) is 0 Å². The lowest BCUT2D eigenvalue weighted by molar-refractivity contribution is 0.105. The molecule has 1 unspecified atom stereocenters. The third-order valence-corrected chi connectivity index (χ3v) is 4.29. The summed E-state index contributed by atoms with van der Waals surface area (Å²) < 4.78 is 27.4. The van der Waals surface area contributed by atoms with Gasteiger partial charge in [0, 0.05) is 17.1 Å². The first-order valence-electron chi connectivity index (χ1n) is 6.75. The molecule has 4 heteroatoms. The van der Waals surface area contributed by atoms with Gasteiger partial charge in [-0.05, 0) is 45.5 Å². The summed E-state index contributed by atoms with van der Waals surface area (Å²) in [6.07, 6.45) is 1.89. The molecule has 1 aromatic carbocycles. The van der Waals surface area contributed by atoms with E-state index in [1.807, 2.05) is 14.1 Å². The molecule has 0 aliphatic carbocycles. The third kappa shape index (κ3) is 3.12. The number of hydrogen-bond acceptors (Lipinski definition) is 2. The van der Waals surface area contributed by atoms with E-state index >= 15 is 0 Å². The minimum Gasteiger partial charge on any atom is -0.326 e. The Kier molecular flexibility index (Phi) is 5.44. The van der Waals surface area contributed by atoms with Gasteiger partial charge < -0.3 is 10.6 Å². The van der Waals surface area contributed by atoms with Gasteiger partial charge in [0.15, 0.2) is 0 Å². The van der Waals surface area contributed by atoms with Crippen molar-refractivity contribution < 1.29 is 8.78 Å². The lowest BCUT2D eigenvalue weighted by atomic mass is 9.80. The van der Waals surface area contributed by atoms with Gasteiger partial charge in [-0.1, -0.05) is 19.9 Å². The molecule has 1 aromatic rings. The van der Waals surface area contributed by atoms with Crippen LogP contribution in [-0.4, -0.2) is 30.6 Å². The molecule has 0 spiro atoms. The zero-order chi connectivity index (χ0) is 14.6. The van der Waals surface area contributed by atoms with Crippen LogP contribution in [0.25, 0.3) is 0 Å². The van der Waals surface area contributed by atoms with Crippen LogP contribution in [0, 0.1) is 11.6 Å². The molecule has 0 bridgehead atoms. The highest BCUT2D eigenvalue weighted by molar-refractivity contribution is 5.22. The van der Waals surface area contributed by atoms with Crippen LogP contribution < -0.4 is 5.73 Å². The zero-order valence-electron chi connectivity index (χ0n) is 12.2. The maximum atomic E-state index is 13.7. The molecule has 2 N–H and O–H groups in total. The number of benzene rings is 1. The van der Waals surface area contributed by atoms with E-state index in [9.17, 15) is 8.78 Å². The number of rotatable bonds is 6. The molecule has 0 aliphatic rings. The smallest absolute Gasteiger partial charge is 0.129 e. The van der Waals surface area contributed by atoms with E-state index in [-0.39, 0.29) is 23.6 Å². The van der Waals surface area contributed by atoms with Crippen LogP contribution in [0.5, 0.6) is 0 Å². The standard InChI is InChI=1S/C15H24F2N2/c1-5-15(6-2,19(3)4)14(18)10-11-12(16)8-7-9-13(11)17/h7-9,14H,5-6,10,18H2,1-4H3. The van der Waals surface area contributed by atoms with Crippen LogP contribution in [0.1, 0.15) is 32.3 Å². The summed E-state index contributed by atoms with van der Waals surface area (Å²) in [7, 11) is 3.93. The number of nitrogens with zero attached hydrogens (tertiary/aromatic N) is 1. The van der Waals surface area contributed by atoms with Crippen molar-refractivity contribution in [2.24, 2.45) is 5.73 Å². The van der Waals surface area contributed by atoms with E-state index < -0.39 is 11.6 Å². The Morgan fingerprint density at radius 2 is 1.63 bits per heavy atom. The first kappa shape index (κ1) is 16.1. The summed E-state index contributed by atoms with van der Waals surface area (Å²) >= 11 is 0. The summed E-state index contributed by atoms with van der Waals surface area (Å²) in [6, 6.07) is 3.61. The largest absolute Gasteiger partial charge is 0.326 e. The fourth-order valence-corrected chi connectivity index (χ4v) is 2.88. The summed E-state index contributed by atoms with van der Waals surface area (Å²) in [5.41, 5.74) is 6.11. The van der Waals surface area contributed by atoms with E-state index in [1.54, 1.807) is 0 Å². The van der Waals surface area contributed by atoms with Gasteiger partial charge in [-0.2, -0.15) is 0 Å². The molecule has 0 heterocycles. The quantitative estimate of drug-likeness (QED) is 0.861. The van der Waals surface area contributed by atoms with Crippen molar-refractivity contribution in [3.05, 3.63) is 35.4 Å². The molecule has 2 nitrogen and oxygen atoms in total. The molecular formula is C15H24F2N2. The molecule has 0 saturated carbocycles. The highest BCUT2D eigenvalue weighted by Gasteiger charge is 2.36. The van der Waals surface area contributed by atoms with Crippen LogP contribution in [0.15, 0.2) is 18.2 Å². The lowest BCUT2D eigenvalue weighted by Gasteiger charge is -2.43. The van der Waals surface area contributed by atoms with Gasteiger partial charge in [0.1, 0.15) is 11.6 Å². The molecular weight excluding hydrogens is 246 g/mol. The van der Waals surface area contributed by atoms with Crippen molar-refractivity contribution >= 4 is 0 Å². The number of halogens is 2. The van der Waals surface area contributed by atoms with Crippen molar-refractivity contribution in [3.8, 4) is 0 Å². The molecule has 0 fully saturated rings. The maximum Gasteiger partial charge on any atom is 0.129 e. The molecule has 0 aliphatic heterocycles. The lowest BCUT2D eigenvalue weighted by Crippen LogP contribution is -2.57. The average Bonchev–Trinajstić information content (AvgIpc) is 2.36. The van der Waals surface area contributed by atoms with E-state index in [0.717, 1.165) is 12.8 Å². The number of nitrogens with two attached hydrogens (primary N) is 1. The monoisotopic (exact) mass is 270 g/mol. The fraction of sp³-hybridized carbons (Fsp3) is 0.600. The first-order valence-corrected chi connectivity index (χ1v) is 6.75. The molecule has 108 valence electrons. The highest BCUT2D eigenvalue weighted by atomic mass is 19.1. The molecule has 19 heavy (non-hydrogen) atoms. The predicted octanol–water partition coefficient (Wildman–Crippen LogP) is 2.96. The second kappa shape index (κ2) is 6.44. The second-order valence-corrected chi connectivity index (χ2v) is 5.22. The second-order valence-electron chi connectivity index (χ2n) is 5.22. The summed E-state index contributed by atoms with van der Waals surface area (Å²) in [6.45, 7) is 4.11. The van der Waals surface area contributed by atoms with Crippen LogP contribution >= 0.6 is 0 Å². The Hall–Kier alpha value is -1.00. The Balaban J connectivity index is 3.03. The molecule has 0 saturated heterocycles. The van der Waals surface area contributed by atoms with Crippen LogP contribution in [0.3, 0.4) is 0 Å². The van der Waals surface area contributed by atoms with Crippen LogP contribution in [-0.2, 0) is 6.42 Å². The predicted molar refractivity (Wildman–Crippen MR) is 75.0 cm³/mol. The van der Waals surface area contributed by atoms with E-state index in [2.05, 4.69) is 18.7 Å². The van der Waals surface area contributed by atoms with E-state index in [4.69, 9.17) is 5.73 Å². The van der Waals surface area contributed by atoms with Crippen LogP contribution in [0.4, 0.5) is 8.78 Å². The molecule has 1 rings (SSSR count). The summed E-state index contributed by atoms with van der Waals surface area (Å²) in [5.74, 6) is -1.04. The van der Waals surface area contributed by atoms with Gasteiger partial charge in [-0.25, -0.2) is 8.78 Å². The molecule has 1 atom stereocenters. The van der Waals surface area contributed by atoms with Gasteiger partial charge >= 0.3 is 0 Å². The molecule has 0 aromatic heterocycles. The third-order valence-electron chi connectivity index (χ3n) is 4.29. The van der Waals surface area contributed by atoms with Gasteiger partial charge in [0.25, 0.3) is 0 Å². The minimum atomic E-state index is -0.518. The fourth-order valence-electron chi connectivity index (χ4n) is 2.88. The van der Waals surface area contributed by atoms with Crippen molar-refractivity contribution in [2.75, 3.05) is 14.1 Å². The number of likely N-dealkylation sites (N-methyl/N-ethyl adjacent to an activating group) is 1. The van der Waals surface area contributed by atoms with Gasteiger partial charge in [0.2, 0.25) is 0 Å². The van der Waals surface area contributed by atoms with Crippen LogP contribution in [0.2, 0.25) is 0 Å². The Bertz CT molecular complexity index is 394. The summed E-state index contributed by atoms with van der Waals surface area (Å²) in [4.78, 5) is 2.07. The normalized spacial score (nSPS) is 13.9. The topological polar surface area (TPSA) is 29.3 Å². The first-order chi connectivity index (χ1) is 8.89. The van der Waals surface area contributed by atoms with E-state index in [1.165, 1.54) is 18.2 Å². The number of hydrogen-bond donors (Lipinski definition) is 1. The highest BCUT2D eigenvalue weighted by Crippen LogP contribution is 2.27. The van der Waals surface area contributed by atoms with Crippen molar-refractivity contribution in [2.45, 2.75) is 44.7 Å². The minimum absolute atomic E-state index is 0.0862. The van der Waals surface area contributed by atoms with Crippen molar-refractivity contribution in [1.29, 1.82) is 0 Å². The van der Waals surface area contributed by atoms with Gasteiger partial charge in [0.05, 0.1) is 0 Å². The Morgan fingerprint density at radius 1 is 1.16 bits per heavy atom. The SMILES string of the molecule is CCC(CC)(C(N)Cc1c(F)cccc1F)N(C)C. The van der Waals surface area contributed by atoms with E-state index in [0.29, 0.717) is 0 Å². The Labute approximate surface area is 114 Å². The molecule has 0 amide bonds. The zero-order valence-corrected chi connectivity index (χ0v) is 12.2. The molecule has 0 radical (unpaired) electrons. The maximum absolute atomic E-state index is 13.7. The summed E-state index contributed by atoms with van der Waals surface area (Å²) in [5, 5.41) is 0.